The Morgan fingerprint density at radius 2 is 0.710 bits per heavy atom. The highest BCUT2D eigenvalue weighted by atomic mass is 19.2. The van der Waals surface area contributed by atoms with Crippen molar-refractivity contribution in [3.8, 4) is 67.0 Å². The summed E-state index contributed by atoms with van der Waals surface area (Å²) >= 11 is 0. The summed E-state index contributed by atoms with van der Waals surface area (Å²) in [5.74, 6) is -8.12. The van der Waals surface area contributed by atoms with Gasteiger partial charge in [0.15, 0.2) is 46.1 Å². The predicted octanol–water partition coefficient (Wildman–Crippen LogP) is 13.9. The van der Waals surface area contributed by atoms with Crippen molar-refractivity contribution in [2.45, 2.75) is 0 Å². The highest BCUT2D eigenvalue weighted by molar-refractivity contribution is 6.10. The van der Waals surface area contributed by atoms with Gasteiger partial charge in [-0.2, -0.15) is 0 Å². The van der Waals surface area contributed by atoms with E-state index in [4.69, 9.17) is 8.83 Å². The largest absolute Gasteiger partial charge is 0.454 e. The SMILES string of the molecule is Fc1cc(-c2ccc(-c3ccc4oc5c(-c6ccc(-c7ccnc8c7oc7ccc(-c9ccc(-c%10cc(F)c(F)c(F)c%10)cn9)cc78)cc6)ccnc5c4c3)nc2)cc(F)c1F. The lowest BCUT2D eigenvalue weighted by atomic mass is 9.99. The van der Waals surface area contributed by atoms with E-state index in [0.717, 1.165) is 68.4 Å². The van der Waals surface area contributed by atoms with Gasteiger partial charge in [-0.05, 0) is 107 Å². The van der Waals surface area contributed by atoms with Gasteiger partial charge in [0, 0.05) is 68.9 Å². The van der Waals surface area contributed by atoms with Crippen LogP contribution in [0.5, 0.6) is 0 Å². The van der Waals surface area contributed by atoms with Gasteiger partial charge in [0.05, 0.1) is 11.4 Å². The minimum absolute atomic E-state index is 0.173. The third-order valence-corrected chi connectivity index (χ3v) is 11.0. The molecule has 11 aromatic rings. The number of hydrogen-bond acceptors (Lipinski definition) is 6. The molecule has 6 aromatic heterocycles. The number of fused-ring (bicyclic) bond motifs is 6. The van der Waals surface area contributed by atoms with Crippen LogP contribution in [0.15, 0.2) is 155 Å². The number of aromatic nitrogens is 4. The molecule has 0 radical (unpaired) electrons. The maximum atomic E-state index is 13.9. The minimum atomic E-state index is -1.52. The third kappa shape index (κ3) is 6.14. The zero-order valence-corrected chi connectivity index (χ0v) is 31.7. The molecule has 5 aromatic carbocycles. The molecule has 0 spiro atoms. The summed E-state index contributed by atoms with van der Waals surface area (Å²) in [6, 6.07) is 33.6. The summed E-state index contributed by atoms with van der Waals surface area (Å²) in [5.41, 5.74) is 11.3. The maximum absolute atomic E-state index is 13.9. The molecule has 0 saturated heterocycles. The fourth-order valence-electron chi connectivity index (χ4n) is 7.83. The van der Waals surface area contributed by atoms with Crippen LogP contribution in [0, 0.1) is 34.9 Å². The van der Waals surface area contributed by atoms with Crippen LogP contribution in [0.1, 0.15) is 0 Å². The lowest BCUT2D eigenvalue weighted by Gasteiger charge is -2.06. The third-order valence-electron chi connectivity index (χ3n) is 11.0. The molecule has 0 aliphatic rings. The van der Waals surface area contributed by atoms with Crippen molar-refractivity contribution < 1.29 is 35.2 Å². The lowest BCUT2D eigenvalue weighted by molar-refractivity contribution is 0.447. The fourth-order valence-corrected chi connectivity index (χ4v) is 7.83. The van der Waals surface area contributed by atoms with E-state index in [1.54, 1.807) is 36.7 Å². The number of nitrogens with zero attached hydrogens (tertiary/aromatic N) is 4. The van der Waals surface area contributed by atoms with Gasteiger partial charge in [-0.15, -0.1) is 0 Å². The molecule has 0 saturated carbocycles. The molecule has 298 valence electrons. The van der Waals surface area contributed by atoms with Crippen LogP contribution in [0.3, 0.4) is 0 Å². The molecule has 0 aliphatic carbocycles. The van der Waals surface area contributed by atoms with Crippen LogP contribution < -0.4 is 0 Å². The number of halogens is 6. The van der Waals surface area contributed by atoms with Gasteiger partial charge in [0.1, 0.15) is 22.2 Å². The molecule has 0 atom stereocenters. The smallest absolute Gasteiger partial charge is 0.194 e. The summed E-state index contributed by atoms with van der Waals surface area (Å²) in [6.07, 6.45) is 6.42. The maximum Gasteiger partial charge on any atom is 0.194 e. The van der Waals surface area contributed by atoms with Crippen LogP contribution in [0.4, 0.5) is 26.3 Å². The van der Waals surface area contributed by atoms with Gasteiger partial charge < -0.3 is 8.83 Å². The van der Waals surface area contributed by atoms with Crippen LogP contribution in [-0.2, 0) is 0 Å². The molecule has 0 aliphatic heterocycles. The monoisotopic (exact) mass is 826 g/mol. The van der Waals surface area contributed by atoms with Crippen molar-refractivity contribution in [2.75, 3.05) is 0 Å². The van der Waals surface area contributed by atoms with Gasteiger partial charge in [-0.3, -0.25) is 19.9 Å². The van der Waals surface area contributed by atoms with Crippen LogP contribution in [0.25, 0.3) is 111 Å². The van der Waals surface area contributed by atoms with E-state index in [1.165, 1.54) is 12.4 Å². The lowest BCUT2D eigenvalue weighted by Crippen LogP contribution is -1.92. The Morgan fingerprint density at radius 3 is 1.08 bits per heavy atom. The zero-order chi connectivity index (χ0) is 42.2. The Bertz CT molecular complexity index is 3300. The number of pyridine rings is 4. The van der Waals surface area contributed by atoms with Crippen LogP contribution in [-0.4, -0.2) is 19.9 Å². The Labute approximate surface area is 346 Å². The van der Waals surface area contributed by atoms with Crippen LogP contribution in [0.2, 0.25) is 0 Å². The van der Waals surface area contributed by atoms with E-state index in [9.17, 15) is 26.3 Å². The molecule has 12 heteroatoms. The Balaban J connectivity index is 0.880. The van der Waals surface area contributed by atoms with Gasteiger partial charge in [-0.25, -0.2) is 26.3 Å². The number of benzene rings is 5. The topological polar surface area (TPSA) is 77.8 Å². The molecule has 0 N–H and O–H groups in total. The average Bonchev–Trinajstić information content (AvgIpc) is 3.88. The van der Waals surface area contributed by atoms with Crippen LogP contribution >= 0.6 is 0 Å². The first kappa shape index (κ1) is 36.9. The van der Waals surface area contributed by atoms with E-state index < -0.39 is 34.9 Å². The quantitative estimate of drug-likeness (QED) is 0.123. The number of furan rings is 2. The highest BCUT2D eigenvalue weighted by Crippen LogP contribution is 2.40. The average molecular weight is 827 g/mol. The van der Waals surface area contributed by atoms with E-state index in [2.05, 4.69) is 19.9 Å². The zero-order valence-electron chi connectivity index (χ0n) is 31.7. The van der Waals surface area contributed by atoms with E-state index in [-0.39, 0.29) is 11.1 Å². The summed E-state index contributed by atoms with van der Waals surface area (Å²) < 4.78 is 95.2. The minimum Gasteiger partial charge on any atom is -0.454 e. The van der Waals surface area contributed by atoms with Gasteiger partial charge in [0.25, 0.3) is 0 Å². The summed E-state index contributed by atoms with van der Waals surface area (Å²) in [4.78, 5) is 18.4. The summed E-state index contributed by atoms with van der Waals surface area (Å²) in [6.45, 7) is 0. The first-order valence-electron chi connectivity index (χ1n) is 19.1. The van der Waals surface area contributed by atoms with Crippen molar-refractivity contribution >= 4 is 44.1 Å². The molecular formula is C50H24F6N4O2. The van der Waals surface area contributed by atoms with Crippen molar-refractivity contribution in [3.63, 3.8) is 0 Å². The van der Waals surface area contributed by atoms with E-state index >= 15 is 0 Å². The second kappa shape index (κ2) is 14.3. The summed E-state index contributed by atoms with van der Waals surface area (Å²) in [7, 11) is 0. The Kier molecular flexibility index (Phi) is 8.50. The number of hydrogen-bond donors (Lipinski definition) is 0. The normalized spacial score (nSPS) is 11.7. The highest BCUT2D eigenvalue weighted by Gasteiger charge is 2.19. The predicted molar refractivity (Wildman–Crippen MR) is 225 cm³/mol. The van der Waals surface area contributed by atoms with Gasteiger partial charge in [0.2, 0.25) is 0 Å². The molecule has 0 fully saturated rings. The summed E-state index contributed by atoms with van der Waals surface area (Å²) in [5, 5.41) is 1.56. The first-order valence-corrected chi connectivity index (χ1v) is 19.1. The molecule has 0 amide bonds. The standard InChI is InChI=1S/C50H24F6N4O2/c51-37-19-31(20-38(52)45(37)55)29-5-9-41(59-23-29)27-7-11-43-35(17-27)47-49(61-43)33(13-15-57-47)25-1-2-26(4-3-25)34-14-16-58-48-36-18-28(8-12-44(36)62-50(34)48)42-10-6-30(24-60-42)32-21-39(53)46(56)40(54)22-32/h1-24H. The molecule has 11 rings (SSSR count). The van der Waals surface area contributed by atoms with E-state index in [1.807, 2.05) is 72.8 Å². The van der Waals surface area contributed by atoms with Crippen molar-refractivity contribution in [2.24, 2.45) is 0 Å². The first-order chi connectivity index (χ1) is 30.2. The molecule has 6 nitrogen and oxygen atoms in total. The van der Waals surface area contributed by atoms with Crippen molar-refractivity contribution in [1.82, 2.24) is 19.9 Å². The Hall–Kier alpha value is -8.12. The second-order valence-electron chi connectivity index (χ2n) is 14.6. The van der Waals surface area contributed by atoms with Gasteiger partial charge >= 0.3 is 0 Å². The molecule has 0 bridgehead atoms. The van der Waals surface area contributed by atoms with Crippen molar-refractivity contribution in [1.29, 1.82) is 0 Å². The van der Waals surface area contributed by atoms with Gasteiger partial charge in [-0.1, -0.05) is 36.4 Å². The Morgan fingerprint density at radius 1 is 0.339 bits per heavy atom. The van der Waals surface area contributed by atoms with Crippen molar-refractivity contribution in [3.05, 3.63) is 181 Å². The second-order valence-corrected chi connectivity index (χ2v) is 14.6. The molecule has 0 unspecified atom stereocenters. The van der Waals surface area contributed by atoms with E-state index in [0.29, 0.717) is 55.9 Å². The molecular weight excluding hydrogens is 803 g/mol. The molecule has 6 heterocycles. The fraction of sp³-hybridized carbons (Fsp3) is 0. The number of rotatable bonds is 6. The molecule has 62 heavy (non-hydrogen) atoms.